The van der Waals surface area contributed by atoms with Gasteiger partial charge in [-0.15, -0.1) is 0 Å². The Bertz CT molecular complexity index is 816. The maximum Gasteiger partial charge on any atom is 0.134 e. The number of benzene rings is 2. The highest BCUT2D eigenvalue weighted by atomic mass is 19.1. The molecular formula is C24H26F4. The minimum absolute atomic E-state index is 0.111. The summed E-state index contributed by atoms with van der Waals surface area (Å²) in [6, 6.07) is 5.34. The fraction of sp³-hybridized carbons (Fsp3) is 0.500. The van der Waals surface area contributed by atoms with Gasteiger partial charge in [-0.3, -0.25) is 0 Å². The Morgan fingerprint density at radius 3 is 2.00 bits per heavy atom. The van der Waals surface area contributed by atoms with Crippen molar-refractivity contribution in [3.05, 3.63) is 59.2 Å². The van der Waals surface area contributed by atoms with Gasteiger partial charge in [-0.25, -0.2) is 17.6 Å². The molecule has 2 saturated carbocycles. The van der Waals surface area contributed by atoms with E-state index in [0.29, 0.717) is 17.5 Å². The van der Waals surface area contributed by atoms with Crippen LogP contribution >= 0.6 is 0 Å². The van der Waals surface area contributed by atoms with Gasteiger partial charge >= 0.3 is 0 Å². The summed E-state index contributed by atoms with van der Waals surface area (Å²) in [4.78, 5) is 0. The van der Waals surface area contributed by atoms with Crippen molar-refractivity contribution < 1.29 is 17.6 Å². The molecule has 0 saturated heterocycles. The Hall–Kier alpha value is -1.84. The topological polar surface area (TPSA) is 0 Å². The van der Waals surface area contributed by atoms with Crippen LogP contribution in [0.4, 0.5) is 17.6 Å². The first-order chi connectivity index (χ1) is 13.4. The van der Waals surface area contributed by atoms with Crippen LogP contribution in [-0.2, 0) is 0 Å². The lowest BCUT2D eigenvalue weighted by molar-refractivity contribution is 0.116. The average Bonchev–Trinajstić information content (AvgIpc) is 2.65. The normalized spacial score (nSPS) is 27.5. The largest absolute Gasteiger partial charge is 0.207 e. The van der Waals surface area contributed by atoms with E-state index >= 15 is 0 Å². The van der Waals surface area contributed by atoms with Gasteiger partial charge in [-0.2, -0.15) is 0 Å². The van der Waals surface area contributed by atoms with Gasteiger partial charge in [0.05, 0.1) is 5.56 Å². The van der Waals surface area contributed by atoms with Crippen LogP contribution in [-0.4, -0.2) is 0 Å². The second-order valence-electron chi connectivity index (χ2n) is 8.64. The average molecular weight is 390 g/mol. The SMILES string of the molecule is CCC1CC[C@@H]2C[C@H](c3cc(F)c(-c4cc(F)cc(F)c4)c(F)c3)CC[C@@H]2C1. The monoisotopic (exact) mass is 390 g/mol. The Morgan fingerprint density at radius 1 is 0.750 bits per heavy atom. The summed E-state index contributed by atoms with van der Waals surface area (Å²) in [5.41, 5.74) is 0.201. The number of rotatable bonds is 3. The second-order valence-corrected chi connectivity index (χ2v) is 8.64. The second kappa shape index (κ2) is 7.88. The smallest absolute Gasteiger partial charge is 0.134 e. The van der Waals surface area contributed by atoms with Crippen LogP contribution in [0.25, 0.3) is 11.1 Å². The van der Waals surface area contributed by atoms with Crippen LogP contribution in [0.1, 0.15) is 63.4 Å². The van der Waals surface area contributed by atoms with Crippen molar-refractivity contribution in [2.75, 3.05) is 0 Å². The molecule has 0 heterocycles. The molecule has 2 fully saturated rings. The quantitative estimate of drug-likeness (QED) is 0.473. The van der Waals surface area contributed by atoms with Crippen molar-refractivity contribution in [3.8, 4) is 11.1 Å². The van der Waals surface area contributed by atoms with Crippen LogP contribution < -0.4 is 0 Å². The van der Waals surface area contributed by atoms with Gasteiger partial charge in [-0.05, 0) is 91.2 Å². The van der Waals surface area contributed by atoms with E-state index in [1.807, 2.05) is 0 Å². The molecule has 2 aliphatic carbocycles. The molecule has 2 aromatic carbocycles. The van der Waals surface area contributed by atoms with Gasteiger partial charge in [0.15, 0.2) is 0 Å². The van der Waals surface area contributed by atoms with Crippen molar-refractivity contribution in [1.82, 2.24) is 0 Å². The summed E-state index contributed by atoms with van der Waals surface area (Å²) in [7, 11) is 0. The Kier molecular flexibility index (Phi) is 5.48. The number of halogens is 4. The third kappa shape index (κ3) is 3.83. The van der Waals surface area contributed by atoms with E-state index < -0.39 is 23.3 Å². The van der Waals surface area contributed by atoms with Crippen LogP contribution in [0.15, 0.2) is 30.3 Å². The Labute approximate surface area is 164 Å². The van der Waals surface area contributed by atoms with Crippen molar-refractivity contribution in [3.63, 3.8) is 0 Å². The molecule has 0 bridgehead atoms. The maximum absolute atomic E-state index is 14.8. The molecule has 1 unspecified atom stereocenters. The fourth-order valence-corrected chi connectivity index (χ4v) is 5.46. The first-order valence-electron chi connectivity index (χ1n) is 10.4. The molecule has 28 heavy (non-hydrogen) atoms. The fourth-order valence-electron chi connectivity index (χ4n) is 5.46. The molecule has 4 atom stereocenters. The highest BCUT2D eigenvalue weighted by Gasteiger charge is 2.36. The first-order valence-corrected chi connectivity index (χ1v) is 10.4. The van der Waals surface area contributed by atoms with Gasteiger partial charge in [0, 0.05) is 6.07 Å². The number of hydrogen-bond donors (Lipinski definition) is 0. The van der Waals surface area contributed by atoms with Gasteiger partial charge in [0.2, 0.25) is 0 Å². The van der Waals surface area contributed by atoms with E-state index in [1.165, 1.54) is 37.8 Å². The predicted molar refractivity (Wildman–Crippen MR) is 103 cm³/mol. The van der Waals surface area contributed by atoms with E-state index in [1.54, 1.807) is 0 Å². The van der Waals surface area contributed by atoms with Crippen LogP contribution in [0.2, 0.25) is 0 Å². The lowest BCUT2D eigenvalue weighted by atomic mass is 9.63. The molecule has 4 rings (SSSR count). The van der Waals surface area contributed by atoms with Crippen LogP contribution in [0.3, 0.4) is 0 Å². The molecule has 0 N–H and O–H groups in total. The minimum Gasteiger partial charge on any atom is -0.207 e. The lowest BCUT2D eigenvalue weighted by Crippen LogP contribution is -2.30. The summed E-state index contributed by atoms with van der Waals surface area (Å²) in [6.45, 7) is 2.26. The molecular weight excluding hydrogens is 364 g/mol. The van der Waals surface area contributed by atoms with E-state index in [9.17, 15) is 17.6 Å². The summed E-state index contributed by atoms with van der Waals surface area (Å²) in [5.74, 6) is -0.824. The molecule has 2 aromatic rings. The molecule has 150 valence electrons. The molecule has 0 radical (unpaired) electrons. The number of hydrogen-bond acceptors (Lipinski definition) is 0. The first kappa shape index (κ1) is 19.5. The van der Waals surface area contributed by atoms with E-state index in [-0.39, 0.29) is 17.0 Å². The van der Waals surface area contributed by atoms with Crippen LogP contribution in [0.5, 0.6) is 0 Å². The zero-order valence-electron chi connectivity index (χ0n) is 16.2. The summed E-state index contributed by atoms with van der Waals surface area (Å²) >= 11 is 0. The lowest BCUT2D eigenvalue weighted by Gasteiger charge is -2.42. The molecule has 2 aliphatic rings. The minimum atomic E-state index is -0.848. The third-order valence-corrected chi connectivity index (χ3v) is 6.99. The maximum atomic E-state index is 14.8. The van der Waals surface area contributed by atoms with Crippen molar-refractivity contribution >= 4 is 0 Å². The summed E-state index contributed by atoms with van der Waals surface area (Å²) in [5, 5.41) is 0. The predicted octanol–water partition coefficient (Wildman–Crippen LogP) is 7.62. The summed E-state index contributed by atoms with van der Waals surface area (Å²) in [6.07, 6.45) is 8.05. The van der Waals surface area contributed by atoms with E-state index in [0.717, 1.165) is 43.2 Å². The molecule has 0 spiro atoms. The molecule has 4 heteroatoms. The molecule has 0 amide bonds. The van der Waals surface area contributed by atoms with E-state index in [4.69, 9.17) is 0 Å². The van der Waals surface area contributed by atoms with Gasteiger partial charge in [-0.1, -0.05) is 19.8 Å². The number of fused-ring (bicyclic) bond motifs is 1. The van der Waals surface area contributed by atoms with Crippen LogP contribution in [0, 0.1) is 41.0 Å². The van der Waals surface area contributed by atoms with Crippen molar-refractivity contribution in [2.24, 2.45) is 17.8 Å². The Balaban J connectivity index is 1.57. The molecule has 0 nitrogen and oxygen atoms in total. The van der Waals surface area contributed by atoms with Crippen molar-refractivity contribution in [1.29, 1.82) is 0 Å². The zero-order chi connectivity index (χ0) is 19.8. The summed E-state index contributed by atoms with van der Waals surface area (Å²) < 4.78 is 56.5. The highest BCUT2D eigenvalue weighted by molar-refractivity contribution is 5.65. The van der Waals surface area contributed by atoms with Gasteiger partial charge in [0.25, 0.3) is 0 Å². The standard InChI is InChI=1S/C24H26F4/c1-2-14-3-4-16-8-17(6-5-15(16)7-14)18-11-22(27)24(23(28)12-18)19-9-20(25)13-21(26)10-19/h9-17H,2-8H2,1H3/t14?,15-,16-,17-/m1/s1. The molecule has 0 aromatic heterocycles. The van der Waals surface area contributed by atoms with Crippen molar-refractivity contribution in [2.45, 2.75) is 57.8 Å². The van der Waals surface area contributed by atoms with Gasteiger partial charge in [0.1, 0.15) is 23.3 Å². The highest BCUT2D eigenvalue weighted by Crippen LogP contribution is 2.48. The third-order valence-electron chi connectivity index (χ3n) is 6.99. The zero-order valence-corrected chi connectivity index (χ0v) is 16.2. The van der Waals surface area contributed by atoms with Gasteiger partial charge < -0.3 is 0 Å². The molecule has 0 aliphatic heterocycles. The van der Waals surface area contributed by atoms with E-state index in [2.05, 4.69) is 6.92 Å². The Morgan fingerprint density at radius 2 is 1.36 bits per heavy atom.